The van der Waals surface area contributed by atoms with Crippen LogP contribution >= 0.6 is 0 Å². The van der Waals surface area contributed by atoms with E-state index in [2.05, 4.69) is 6.92 Å². The van der Waals surface area contributed by atoms with Gasteiger partial charge in [0.2, 0.25) is 0 Å². The summed E-state index contributed by atoms with van der Waals surface area (Å²) in [7, 11) is 0. The van der Waals surface area contributed by atoms with Crippen LogP contribution in [0.5, 0.6) is 5.75 Å². The lowest BCUT2D eigenvalue weighted by Crippen LogP contribution is -2.30. The molecule has 92 valence electrons. The van der Waals surface area contributed by atoms with Crippen molar-refractivity contribution in [2.45, 2.75) is 32.2 Å². The highest BCUT2D eigenvalue weighted by atomic mass is 16.7. The SMILES string of the molecule is CCCC1OC=CC(COc2ccccc2)O1. The Morgan fingerprint density at radius 3 is 2.82 bits per heavy atom. The summed E-state index contributed by atoms with van der Waals surface area (Å²) in [6.45, 7) is 2.63. The zero-order valence-electron chi connectivity index (χ0n) is 10.0. The van der Waals surface area contributed by atoms with Gasteiger partial charge in [0.25, 0.3) is 0 Å². The third-order valence-corrected chi connectivity index (χ3v) is 2.53. The smallest absolute Gasteiger partial charge is 0.199 e. The van der Waals surface area contributed by atoms with E-state index in [4.69, 9.17) is 14.2 Å². The van der Waals surface area contributed by atoms with Gasteiger partial charge in [0.1, 0.15) is 18.5 Å². The molecule has 0 spiro atoms. The molecule has 0 bridgehead atoms. The van der Waals surface area contributed by atoms with Crippen molar-refractivity contribution in [2.75, 3.05) is 6.61 Å². The van der Waals surface area contributed by atoms with Crippen molar-refractivity contribution in [1.82, 2.24) is 0 Å². The van der Waals surface area contributed by atoms with Crippen LogP contribution in [-0.2, 0) is 9.47 Å². The molecule has 1 aromatic rings. The normalized spacial score (nSPS) is 23.1. The standard InChI is InChI=1S/C14H18O3/c1-2-6-14-15-10-9-13(17-14)11-16-12-7-4-3-5-8-12/h3-5,7-10,13-14H,2,6,11H2,1H3. The van der Waals surface area contributed by atoms with Gasteiger partial charge in [0, 0.05) is 6.42 Å². The Bertz CT molecular complexity index is 348. The minimum atomic E-state index is -0.130. The second-order valence-electron chi connectivity index (χ2n) is 3.98. The molecule has 2 atom stereocenters. The molecule has 0 fully saturated rings. The summed E-state index contributed by atoms with van der Waals surface area (Å²) in [5.74, 6) is 0.864. The monoisotopic (exact) mass is 234 g/mol. The van der Waals surface area contributed by atoms with Crippen molar-refractivity contribution in [1.29, 1.82) is 0 Å². The molecule has 1 aliphatic heterocycles. The highest BCUT2D eigenvalue weighted by Gasteiger charge is 2.18. The van der Waals surface area contributed by atoms with E-state index in [1.807, 2.05) is 36.4 Å². The van der Waals surface area contributed by atoms with E-state index < -0.39 is 0 Å². The van der Waals surface area contributed by atoms with Crippen molar-refractivity contribution < 1.29 is 14.2 Å². The summed E-state index contributed by atoms with van der Waals surface area (Å²) in [6.07, 6.45) is 5.39. The molecule has 17 heavy (non-hydrogen) atoms. The van der Waals surface area contributed by atoms with Crippen LogP contribution in [0.2, 0.25) is 0 Å². The van der Waals surface area contributed by atoms with E-state index in [0.717, 1.165) is 18.6 Å². The minimum absolute atomic E-state index is 0.0273. The Morgan fingerprint density at radius 2 is 2.06 bits per heavy atom. The lowest BCUT2D eigenvalue weighted by Gasteiger charge is -2.26. The third-order valence-electron chi connectivity index (χ3n) is 2.53. The lowest BCUT2D eigenvalue weighted by atomic mass is 10.3. The van der Waals surface area contributed by atoms with Crippen molar-refractivity contribution >= 4 is 0 Å². The first-order valence-electron chi connectivity index (χ1n) is 6.04. The Hall–Kier alpha value is -1.48. The van der Waals surface area contributed by atoms with Gasteiger partial charge in [0.15, 0.2) is 6.29 Å². The van der Waals surface area contributed by atoms with Crippen molar-refractivity contribution in [2.24, 2.45) is 0 Å². The molecular formula is C14H18O3. The first-order chi connectivity index (χ1) is 8.38. The summed E-state index contributed by atoms with van der Waals surface area (Å²) in [5, 5.41) is 0. The third kappa shape index (κ3) is 3.79. The number of ether oxygens (including phenoxy) is 3. The van der Waals surface area contributed by atoms with E-state index in [-0.39, 0.29) is 12.4 Å². The second kappa shape index (κ2) is 6.30. The molecule has 0 saturated carbocycles. The van der Waals surface area contributed by atoms with Crippen LogP contribution in [0.15, 0.2) is 42.7 Å². The van der Waals surface area contributed by atoms with Crippen LogP contribution in [-0.4, -0.2) is 19.0 Å². The Morgan fingerprint density at radius 1 is 1.24 bits per heavy atom. The largest absolute Gasteiger partial charge is 0.491 e. The number of benzene rings is 1. The first-order valence-corrected chi connectivity index (χ1v) is 6.04. The van der Waals surface area contributed by atoms with Crippen molar-refractivity contribution in [3.63, 3.8) is 0 Å². The number of rotatable bonds is 5. The van der Waals surface area contributed by atoms with Gasteiger partial charge in [0.05, 0.1) is 6.26 Å². The molecule has 0 amide bonds. The molecule has 2 rings (SSSR count). The highest BCUT2D eigenvalue weighted by molar-refractivity contribution is 5.21. The molecule has 1 aliphatic rings. The van der Waals surface area contributed by atoms with E-state index in [1.54, 1.807) is 6.26 Å². The van der Waals surface area contributed by atoms with Gasteiger partial charge >= 0.3 is 0 Å². The van der Waals surface area contributed by atoms with Crippen LogP contribution in [0.1, 0.15) is 19.8 Å². The molecule has 3 heteroatoms. The van der Waals surface area contributed by atoms with Crippen LogP contribution in [0, 0.1) is 0 Å². The fourth-order valence-corrected chi connectivity index (χ4v) is 1.65. The molecule has 0 aromatic heterocycles. The molecule has 0 saturated heterocycles. The van der Waals surface area contributed by atoms with E-state index in [0.29, 0.717) is 6.61 Å². The zero-order chi connectivity index (χ0) is 11.9. The molecule has 0 radical (unpaired) electrons. The fourth-order valence-electron chi connectivity index (χ4n) is 1.65. The minimum Gasteiger partial charge on any atom is -0.491 e. The topological polar surface area (TPSA) is 27.7 Å². The molecule has 1 aromatic carbocycles. The van der Waals surface area contributed by atoms with Crippen LogP contribution < -0.4 is 4.74 Å². The second-order valence-corrected chi connectivity index (χ2v) is 3.98. The van der Waals surface area contributed by atoms with E-state index in [1.165, 1.54) is 0 Å². The molecule has 2 unspecified atom stereocenters. The summed E-state index contributed by atoms with van der Waals surface area (Å²) in [6, 6.07) is 9.75. The highest BCUT2D eigenvalue weighted by Crippen LogP contribution is 2.16. The predicted molar refractivity (Wildman–Crippen MR) is 65.7 cm³/mol. The van der Waals surface area contributed by atoms with Gasteiger partial charge < -0.3 is 14.2 Å². The number of hydrogen-bond acceptors (Lipinski definition) is 3. The van der Waals surface area contributed by atoms with Crippen molar-refractivity contribution in [3.8, 4) is 5.75 Å². The van der Waals surface area contributed by atoms with Gasteiger partial charge in [-0.25, -0.2) is 0 Å². The quantitative estimate of drug-likeness (QED) is 0.783. The van der Waals surface area contributed by atoms with Crippen LogP contribution in [0.4, 0.5) is 0 Å². The van der Waals surface area contributed by atoms with Crippen LogP contribution in [0.25, 0.3) is 0 Å². The average molecular weight is 234 g/mol. The summed E-state index contributed by atoms with van der Waals surface area (Å²) < 4.78 is 16.7. The number of para-hydroxylation sites is 1. The Labute approximate surface area is 102 Å². The molecule has 1 heterocycles. The average Bonchev–Trinajstić information content (AvgIpc) is 2.39. The van der Waals surface area contributed by atoms with Crippen molar-refractivity contribution in [3.05, 3.63) is 42.7 Å². The first kappa shape index (κ1) is 12.0. The Balaban J connectivity index is 1.79. The predicted octanol–water partition coefficient (Wildman–Crippen LogP) is 3.12. The van der Waals surface area contributed by atoms with Gasteiger partial charge in [-0.1, -0.05) is 31.5 Å². The molecule has 3 nitrogen and oxygen atoms in total. The maximum absolute atomic E-state index is 5.71. The summed E-state index contributed by atoms with van der Waals surface area (Å²) in [4.78, 5) is 0. The van der Waals surface area contributed by atoms with Gasteiger partial charge in [-0.05, 0) is 18.2 Å². The molecular weight excluding hydrogens is 216 g/mol. The van der Waals surface area contributed by atoms with E-state index >= 15 is 0 Å². The maximum Gasteiger partial charge on any atom is 0.199 e. The summed E-state index contributed by atoms with van der Waals surface area (Å²) >= 11 is 0. The molecule has 0 N–H and O–H groups in total. The van der Waals surface area contributed by atoms with Crippen LogP contribution in [0.3, 0.4) is 0 Å². The fraction of sp³-hybridized carbons (Fsp3) is 0.429. The van der Waals surface area contributed by atoms with E-state index in [9.17, 15) is 0 Å². The number of hydrogen-bond donors (Lipinski definition) is 0. The van der Waals surface area contributed by atoms with Gasteiger partial charge in [-0.2, -0.15) is 0 Å². The van der Waals surface area contributed by atoms with Gasteiger partial charge in [-0.15, -0.1) is 0 Å². The Kier molecular flexibility index (Phi) is 4.45. The van der Waals surface area contributed by atoms with Gasteiger partial charge in [-0.3, -0.25) is 0 Å². The summed E-state index contributed by atoms with van der Waals surface area (Å²) in [5.41, 5.74) is 0. The maximum atomic E-state index is 5.71. The zero-order valence-corrected chi connectivity index (χ0v) is 10.0. The lowest BCUT2D eigenvalue weighted by molar-refractivity contribution is -0.153. The molecule has 0 aliphatic carbocycles.